The second kappa shape index (κ2) is 5.18. The van der Waals surface area contributed by atoms with E-state index in [0.717, 1.165) is 0 Å². The van der Waals surface area contributed by atoms with E-state index in [1.165, 1.54) is 12.1 Å². The van der Waals surface area contributed by atoms with Crippen molar-refractivity contribution < 1.29 is 9.72 Å². The molecule has 94 valence electrons. The van der Waals surface area contributed by atoms with Gasteiger partial charge in [-0.2, -0.15) is 0 Å². The first kappa shape index (κ1) is 13.5. The Kier molecular flexibility index (Phi) is 4.11. The van der Waals surface area contributed by atoms with E-state index >= 15 is 0 Å². The smallest absolute Gasteiger partial charge is 0.321 e. The summed E-state index contributed by atoms with van der Waals surface area (Å²) < 4.78 is 0. The summed E-state index contributed by atoms with van der Waals surface area (Å²) in [5.74, 6) is -0.166. The fourth-order valence-corrected chi connectivity index (χ4v) is 1.18. The van der Waals surface area contributed by atoms with Gasteiger partial charge in [0, 0.05) is 18.5 Å². The molecule has 0 atom stereocenters. The van der Waals surface area contributed by atoms with Gasteiger partial charge in [0.2, 0.25) is 0 Å². The predicted octanol–water partition coefficient (Wildman–Crippen LogP) is 1.92. The number of H-pyrrole nitrogens is 1. The monoisotopic (exact) mass is 259 g/mol. The van der Waals surface area contributed by atoms with Crippen LogP contribution in [0.5, 0.6) is 0 Å². The lowest BCUT2D eigenvalue weighted by Crippen LogP contribution is -2.35. The number of amides is 1. The summed E-state index contributed by atoms with van der Waals surface area (Å²) in [5.41, 5.74) is -0.0440. The topological polar surface area (TPSA) is 88.0 Å². The molecule has 0 aromatic carbocycles. The van der Waals surface area contributed by atoms with Crippen LogP contribution in [-0.4, -0.2) is 28.2 Å². The molecule has 0 aliphatic carbocycles. The SMILES string of the molecule is CC(C)(CCl)CNC(=O)c1ccc([N+](=O)[O-])[nH]1. The van der Waals surface area contributed by atoms with Gasteiger partial charge in [-0.05, 0) is 16.4 Å². The zero-order chi connectivity index (χ0) is 13.1. The standard InChI is InChI=1S/C10H14ClN3O3/c1-10(2,5-11)6-12-9(15)7-3-4-8(13-7)14(16)17/h3-4,13H,5-6H2,1-2H3,(H,12,15). The molecule has 0 bridgehead atoms. The van der Waals surface area contributed by atoms with Crippen molar-refractivity contribution in [1.82, 2.24) is 10.3 Å². The third-order valence-corrected chi connectivity index (χ3v) is 2.92. The average molecular weight is 260 g/mol. The van der Waals surface area contributed by atoms with Crippen molar-refractivity contribution in [2.45, 2.75) is 13.8 Å². The number of aromatic amines is 1. The maximum Gasteiger partial charge on any atom is 0.321 e. The van der Waals surface area contributed by atoms with E-state index in [1.54, 1.807) is 0 Å². The molecule has 17 heavy (non-hydrogen) atoms. The van der Waals surface area contributed by atoms with Crippen LogP contribution in [-0.2, 0) is 0 Å². The molecule has 0 aliphatic rings. The Morgan fingerprint density at radius 2 is 2.24 bits per heavy atom. The number of hydrogen-bond donors (Lipinski definition) is 2. The Labute approximate surface area is 103 Å². The first-order chi connectivity index (χ1) is 7.85. The highest BCUT2D eigenvalue weighted by Gasteiger charge is 2.20. The molecule has 0 saturated carbocycles. The summed E-state index contributed by atoms with van der Waals surface area (Å²) >= 11 is 5.72. The molecule has 1 heterocycles. The average Bonchev–Trinajstić information content (AvgIpc) is 2.75. The maximum atomic E-state index is 11.6. The molecule has 1 amide bonds. The second-order valence-electron chi connectivity index (χ2n) is 4.49. The van der Waals surface area contributed by atoms with Gasteiger partial charge in [-0.25, -0.2) is 4.98 Å². The molecule has 0 spiro atoms. The number of hydrogen-bond acceptors (Lipinski definition) is 3. The van der Waals surface area contributed by atoms with E-state index in [1.807, 2.05) is 13.8 Å². The van der Waals surface area contributed by atoms with Crippen molar-refractivity contribution in [2.75, 3.05) is 12.4 Å². The first-order valence-corrected chi connectivity index (χ1v) is 5.57. The third-order valence-electron chi connectivity index (χ3n) is 2.20. The highest BCUT2D eigenvalue weighted by atomic mass is 35.5. The molecule has 0 unspecified atom stereocenters. The largest absolute Gasteiger partial charge is 0.358 e. The minimum Gasteiger partial charge on any atom is -0.358 e. The molecule has 1 aromatic heterocycles. The highest BCUT2D eigenvalue weighted by Crippen LogP contribution is 2.15. The summed E-state index contributed by atoms with van der Waals surface area (Å²) in [7, 11) is 0. The number of halogens is 1. The van der Waals surface area contributed by atoms with Gasteiger partial charge in [-0.1, -0.05) is 13.8 Å². The van der Waals surface area contributed by atoms with Gasteiger partial charge in [0.1, 0.15) is 0 Å². The zero-order valence-corrected chi connectivity index (χ0v) is 10.4. The van der Waals surface area contributed by atoms with Gasteiger partial charge in [0.25, 0.3) is 5.91 Å². The number of nitrogens with zero attached hydrogens (tertiary/aromatic N) is 1. The van der Waals surface area contributed by atoms with Crippen molar-refractivity contribution in [2.24, 2.45) is 5.41 Å². The van der Waals surface area contributed by atoms with Crippen molar-refractivity contribution >= 4 is 23.3 Å². The van der Waals surface area contributed by atoms with Crippen molar-refractivity contribution in [3.8, 4) is 0 Å². The van der Waals surface area contributed by atoms with Crippen LogP contribution in [0.1, 0.15) is 24.3 Å². The Morgan fingerprint density at radius 1 is 1.59 bits per heavy atom. The van der Waals surface area contributed by atoms with E-state index in [2.05, 4.69) is 10.3 Å². The van der Waals surface area contributed by atoms with E-state index in [4.69, 9.17) is 11.6 Å². The second-order valence-corrected chi connectivity index (χ2v) is 4.76. The predicted molar refractivity (Wildman–Crippen MR) is 64.3 cm³/mol. The normalized spacial score (nSPS) is 11.2. The number of nitrogens with one attached hydrogen (secondary N) is 2. The number of rotatable bonds is 5. The molecule has 7 heteroatoms. The van der Waals surface area contributed by atoms with Crippen molar-refractivity contribution in [3.05, 3.63) is 27.9 Å². The molecule has 0 aliphatic heterocycles. The highest BCUT2D eigenvalue weighted by molar-refractivity contribution is 6.18. The minimum atomic E-state index is -0.584. The lowest BCUT2D eigenvalue weighted by atomic mass is 9.96. The van der Waals surface area contributed by atoms with Crippen LogP contribution in [0, 0.1) is 15.5 Å². The van der Waals surface area contributed by atoms with E-state index in [0.29, 0.717) is 12.4 Å². The van der Waals surface area contributed by atoms with Gasteiger partial charge in [0.05, 0.1) is 0 Å². The Balaban J connectivity index is 2.61. The first-order valence-electron chi connectivity index (χ1n) is 5.03. The zero-order valence-electron chi connectivity index (χ0n) is 9.62. The van der Waals surface area contributed by atoms with E-state index in [9.17, 15) is 14.9 Å². The molecule has 0 fully saturated rings. The summed E-state index contributed by atoms with van der Waals surface area (Å²) in [4.78, 5) is 23.9. The Bertz CT molecular complexity index is 428. The van der Waals surface area contributed by atoms with Crippen LogP contribution in [0.4, 0.5) is 5.82 Å². The molecule has 0 saturated heterocycles. The van der Waals surface area contributed by atoms with Crippen LogP contribution >= 0.6 is 11.6 Å². The van der Waals surface area contributed by atoms with Crippen molar-refractivity contribution in [3.63, 3.8) is 0 Å². The maximum absolute atomic E-state index is 11.6. The number of nitro groups is 1. The third kappa shape index (κ3) is 3.74. The molecule has 6 nitrogen and oxygen atoms in total. The quantitative estimate of drug-likeness (QED) is 0.481. The fraction of sp³-hybridized carbons (Fsp3) is 0.500. The van der Waals surface area contributed by atoms with Gasteiger partial charge in [-0.15, -0.1) is 11.6 Å². The Morgan fingerprint density at radius 3 is 2.71 bits per heavy atom. The van der Waals surface area contributed by atoms with Crippen LogP contribution < -0.4 is 5.32 Å². The van der Waals surface area contributed by atoms with Crippen LogP contribution in [0.25, 0.3) is 0 Å². The number of alkyl halides is 1. The molecular weight excluding hydrogens is 246 g/mol. The summed E-state index contributed by atoms with van der Waals surface area (Å²) in [6.45, 7) is 4.23. The van der Waals surface area contributed by atoms with Crippen LogP contribution in [0.15, 0.2) is 12.1 Å². The summed E-state index contributed by atoms with van der Waals surface area (Å²) in [6.07, 6.45) is 0. The summed E-state index contributed by atoms with van der Waals surface area (Å²) in [5, 5.41) is 13.1. The minimum absolute atomic E-state index is 0.169. The van der Waals surface area contributed by atoms with Gasteiger partial charge < -0.3 is 15.4 Å². The van der Waals surface area contributed by atoms with Gasteiger partial charge in [-0.3, -0.25) is 4.79 Å². The van der Waals surface area contributed by atoms with Crippen LogP contribution in [0.2, 0.25) is 0 Å². The number of aromatic nitrogens is 1. The lowest BCUT2D eigenvalue weighted by molar-refractivity contribution is -0.389. The fourth-order valence-electron chi connectivity index (χ4n) is 1.08. The summed E-state index contributed by atoms with van der Waals surface area (Å²) in [6, 6.07) is 2.63. The number of carbonyl (C=O) groups is 1. The van der Waals surface area contributed by atoms with Gasteiger partial charge in [0.15, 0.2) is 5.69 Å². The van der Waals surface area contributed by atoms with Crippen molar-refractivity contribution in [1.29, 1.82) is 0 Å². The van der Waals surface area contributed by atoms with E-state index in [-0.39, 0.29) is 22.8 Å². The molecule has 0 radical (unpaired) electrons. The van der Waals surface area contributed by atoms with Gasteiger partial charge >= 0.3 is 5.82 Å². The van der Waals surface area contributed by atoms with E-state index < -0.39 is 4.92 Å². The lowest BCUT2D eigenvalue weighted by Gasteiger charge is -2.20. The molecule has 1 aromatic rings. The molecule has 2 N–H and O–H groups in total. The Hall–Kier alpha value is -1.56. The molecular formula is C10H14ClN3O3. The number of carbonyl (C=O) groups excluding carboxylic acids is 1. The van der Waals surface area contributed by atoms with Crippen LogP contribution in [0.3, 0.4) is 0 Å². The molecule has 1 rings (SSSR count).